The van der Waals surface area contributed by atoms with Gasteiger partial charge in [-0.15, -0.1) is 11.6 Å². The lowest BCUT2D eigenvalue weighted by Crippen LogP contribution is -2.46. The minimum atomic E-state index is -0.473. The van der Waals surface area contributed by atoms with E-state index in [1.54, 1.807) is 0 Å². The summed E-state index contributed by atoms with van der Waals surface area (Å²) in [5.41, 5.74) is 5.82. The highest BCUT2D eigenvalue weighted by Crippen LogP contribution is 2.33. The second kappa shape index (κ2) is 5.91. The molecule has 1 rings (SSSR count). The maximum absolute atomic E-state index is 9.81. The largest absolute Gasteiger partial charge is 0.377 e. The van der Waals surface area contributed by atoms with Gasteiger partial charge in [-0.25, -0.2) is 5.43 Å². The number of halogens is 1. The van der Waals surface area contributed by atoms with E-state index in [2.05, 4.69) is 17.8 Å². The number of hydrogen-bond acceptors (Lipinski definition) is 3. The average molecular weight is 221 g/mol. The van der Waals surface area contributed by atoms with Gasteiger partial charge < -0.3 is 5.11 Å². The minimum absolute atomic E-state index is 0.224. The second-order valence-electron chi connectivity index (χ2n) is 4.29. The zero-order valence-electron chi connectivity index (χ0n) is 8.96. The van der Waals surface area contributed by atoms with Crippen molar-refractivity contribution in [1.82, 2.24) is 10.9 Å². The zero-order chi connectivity index (χ0) is 10.6. The number of aliphatic hydroxyl groups excluding tert-OH is 1. The highest BCUT2D eigenvalue weighted by molar-refractivity contribution is 6.20. The van der Waals surface area contributed by atoms with E-state index in [4.69, 9.17) is 11.6 Å². The lowest BCUT2D eigenvalue weighted by Gasteiger charge is -2.33. The second-order valence-corrected chi connectivity index (χ2v) is 4.91. The van der Waals surface area contributed by atoms with E-state index in [1.807, 2.05) is 6.92 Å². The van der Waals surface area contributed by atoms with Crippen molar-refractivity contribution in [3.63, 3.8) is 0 Å². The molecule has 4 heteroatoms. The van der Waals surface area contributed by atoms with Crippen molar-refractivity contribution in [2.75, 3.05) is 6.54 Å². The van der Waals surface area contributed by atoms with Crippen molar-refractivity contribution in [2.45, 2.75) is 44.7 Å². The molecule has 0 aromatic heterocycles. The van der Waals surface area contributed by atoms with Gasteiger partial charge in [0.1, 0.15) is 6.23 Å². The predicted octanol–water partition coefficient (Wildman–Crippen LogP) is 1.46. The van der Waals surface area contributed by atoms with Gasteiger partial charge in [0, 0.05) is 17.8 Å². The van der Waals surface area contributed by atoms with Crippen LogP contribution in [0.5, 0.6) is 0 Å². The van der Waals surface area contributed by atoms with Gasteiger partial charge in [-0.1, -0.05) is 13.8 Å². The summed E-state index contributed by atoms with van der Waals surface area (Å²) in [7, 11) is 0. The fourth-order valence-electron chi connectivity index (χ4n) is 2.15. The van der Waals surface area contributed by atoms with Crippen LogP contribution in [0, 0.1) is 11.8 Å². The molecule has 14 heavy (non-hydrogen) atoms. The molecule has 3 N–H and O–H groups in total. The molecule has 1 fully saturated rings. The van der Waals surface area contributed by atoms with Crippen LogP contribution in [0.25, 0.3) is 0 Å². The molecule has 1 aliphatic rings. The molecule has 4 atom stereocenters. The third kappa shape index (κ3) is 3.73. The Hall–Kier alpha value is 0.170. The molecule has 0 radical (unpaired) electrons. The Morgan fingerprint density at radius 1 is 1.43 bits per heavy atom. The van der Waals surface area contributed by atoms with Crippen LogP contribution in [0.4, 0.5) is 0 Å². The summed E-state index contributed by atoms with van der Waals surface area (Å²) in [5, 5.41) is 10.0. The van der Waals surface area contributed by atoms with E-state index in [1.165, 1.54) is 0 Å². The molecule has 0 heterocycles. The average Bonchev–Trinajstić information content (AvgIpc) is 2.12. The maximum atomic E-state index is 9.81. The van der Waals surface area contributed by atoms with Crippen LogP contribution in [0.15, 0.2) is 0 Å². The van der Waals surface area contributed by atoms with Crippen molar-refractivity contribution in [2.24, 2.45) is 11.8 Å². The van der Waals surface area contributed by atoms with E-state index in [-0.39, 0.29) is 11.3 Å². The van der Waals surface area contributed by atoms with Crippen LogP contribution in [-0.4, -0.2) is 23.3 Å². The third-order valence-corrected chi connectivity index (χ3v) is 3.15. The first-order chi connectivity index (χ1) is 6.63. The highest BCUT2D eigenvalue weighted by atomic mass is 35.5. The van der Waals surface area contributed by atoms with Crippen molar-refractivity contribution < 1.29 is 5.11 Å². The van der Waals surface area contributed by atoms with Crippen molar-refractivity contribution >= 4 is 11.6 Å². The van der Waals surface area contributed by atoms with Crippen molar-refractivity contribution in [3.8, 4) is 0 Å². The monoisotopic (exact) mass is 220 g/mol. The molecule has 0 aliphatic heterocycles. The fraction of sp³-hybridized carbons (Fsp3) is 1.00. The quantitative estimate of drug-likeness (QED) is 0.382. The summed E-state index contributed by atoms with van der Waals surface area (Å²) in [6.07, 6.45) is 2.57. The summed E-state index contributed by atoms with van der Waals surface area (Å²) in [6.45, 7) is 5.00. The lowest BCUT2D eigenvalue weighted by atomic mass is 9.81. The van der Waals surface area contributed by atoms with Crippen LogP contribution in [-0.2, 0) is 0 Å². The Morgan fingerprint density at radius 2 is 2.14 bits per heavy atom. The Morgan fingerprint density at radius 3 is 2.71 bits per heavy atom. The standard InChI is InChI=1S/C10H21ClN2O/c1-3-12-13-10(14)8-4-7(2)5-9(11)6-8/h7-10,12-14H,3-6H2,1-2H3. The minimum Gasteiger partial charge on any atom is -0.377 e. The molecule has 0 aromatic rings. The number of alkyl halides is 1. The smallest absolute Gasteiger partial charge is 0.120 e. The normalized spacial score (nSPS) is 35.6. The number of hydrazine groups is 1. The highest BCUT2D eigenvalue weighted by Gasteiger charge is 2.29. The van der Waals surface area contributed by atoms with Gasteiger partial charge >= 0.3 is 0 Å². The number of aliphatic hydroxyl groups is 1. The molecule has 84 valence electrons. The van der Waals surface area contributed by atoms with Crippen molar-refractivity contribution in [1.29, 1.82) is 0 Å². The Labute approximate surface area is 91.2 Å². The summed E-state index contributed by atoms with van der Waals surface area (Å²) in [4.78, 5) is 0. The molecule has 0 bridgehead atoms. The van der Waals surface area contributed by atoms with Gasteiger partial charge in [0.2, 0.25) is 0 Å². The predicted molar refractivity (Wildman–Crippen MR) is 59.0 cm³/mol. The Bertz CT molecular complexity index is 158. The molecule has 3 nitrogen and oxygen atoms in total. The number of hydrogen-bond donors (Lipinski definition) is 3. The molecule has 0 amide bonds. The summed E-state index contributed by atoms with van der Waals surface area (Å²) in [6, 6.07) is 0. The SMILES string of the molecule is CCNNC(O)C1CC(C)CC(Cl)C1. The molecule has 0 saturated heterocycles. The molecular weight excluding hydrogens is 200 g/mol. The first-order valence-electron chi connectivity index (χ1n) is 5.44. The van der Waals surface area contributed by atoms with Gasteiger partial charge in [-0.2, -0.15) is 0 Å². The first-order valence-corrected chi connectivity index (χ1v) is 5.87. The van der Waals surface area contributed by atoms with E-state index < -0.39 is 6.23 Å². The van der Waals surface area contributed by atoms with Gasteiger partial charge in [0.15, 0.2) is 0 Å². The molecular formula is C10H21ClN2O. The van der Waals surface area contributed by atoms with E-state index in [9.17, 15) is 5.11 Å². The van der Waals surface area contributed by atoms with Crippen LogP contribution in [0.3, 0.4) is 0 Å². The van der Waals surface area contributed by atoms with E-state index in [0.29, 0.717) is 5.92 Å². The summed E-state index contributed by atoms with van der Waals surface area (Å²) < 4.78 is 0. The van der Waals surface area contributed by atoms with E-state index in [0.717, 1.165) is 25.8 Å². The molecule has 4 unspecified atom stereocenters. The third-order valence-electron chi connectivity index (χ3n) is 2.79. The molecule has 0 spiro atoms. The fourth-order valence-corrected chi connectivity index (χ4v) is 2.69. The van der Waals surface area contributed by atoms with Crippen LogP contribution in [0.1, 0.15) is 33.1 Å². The Kier molecular flexibility index (Phi) is 5.17. The molecule has 0 aromatic carbocycles. The summed E-state index contributed by atoms with van der Waals surface area (Å²) in [5.74, 6) is 0.898. The van der Waals surface area contributed by atoms with Gasteiger partial charge in [0.05, 0.1) is 0 Å². The van der Waals surface area contributed by atoms with Crippen LogP contribution >= 0.6 is 11.6 Å². The Balaban J connectivity index is 2.34. The number of rotatable bonds is 4. The van der Waals surface area contributed by atoms with Gasteiger partial charge in [-0.3, -0.25) is 5.43 Å². The van der Waals surface area contributed by atoms with Crippen LogP contribution in [0.2, 0.25) is 0 Å². The van der Waals surface area contributed by atoms with Gasteiger partial charge in [-0.05, 0) is 25.2 Å². The maximum Gasteiger partial charge on any atom is 0.120 e. The number of nitrogens with one attached hydrogen (secondary N) is 2. The van der Waals surface area contributed by atoms with Gasteiger partial charge in [0.25, 0.3) is 0 Å². The van der Waals surface area contributed by atoms with Crippen molar-refractivity contribution in [3.05, 3.63) is 0 Å². The molecule has 1 aliphatic carbocycles. The van der Waals surface area contributed by atoms with E-state index >= 15 is 0 Å². The summed E-state index contributed by atoms with van der Waals surface area (Å²) >= 11 is 6.13. The zero-order valence-corrected chi connectivity index (χ0v) is 9.72. The molecule has 1 saturated carbocycles. The van der Waals surface area contributed by atoms with Crippen LogP contribution < -0.4 is 10.9 Å². The first kappa shape index (κ1) is 12.2. The lowest BCUT2D eigenvalue weighted by molar-refractivity contribution is 0.0339. The topological polar surface area (TPSA) is 44.3 Å².